The molecule has 0 bridgehead atoms. The first kappa shape index (κ1) is 10.9. The molecule has 2 rings (SSSR count). The van der Waals surface area contributed by atoms with Crippen molar-refractivity contribution in [2.75, 3.05) is 0 Å². The third-order valence-electron chi connectivity index (χ3n) is 2.46. The van der Waals surface area contributed by atoms with E-state index in [1.807, 2.05) is 43.3 Å². The molecule has 1 aromatic carbocycles. The fourth-order valence-corrected chi connectivity index (χ4v) is 1.70. The Morgan fingerprint density at radius 2 is 1.81 bits per heavy atom. The Morgan fingerprint density at radius 1 is 1.19 bits per heavy atom. The summed E-state index contributed by atoms with van der Waals surface area (Å²) in [6.07, 6.45) is 0. The van der Waals surface area contributed by atoms with Gasteiger partial charge in [-0.3, -0.25) is 0 Å². The largest absolute Gasteiger partial charge is 0.384 e. The summed E-state index contributed by atoms with van der Waals surface area (Å²) >= 11 is 0. The van der Waals surface area contributed by atoms with Gasteiger partial charge in [-0.2, -0.15) is 5.10 Å². The van der Waals surface area contributed by atoms with Gasteiger partial charge in [0.1, 0.15) is 5.60 Å². The number of benzene rings is 1. The van der Waals surface area contributed by atoms with Crippen LogP contribution in [0.1, 0.15) is 25.2 Å². The van der Waals surface area contributed by atoms with Crippen LogP contribution in [0.5, 0.6) is 0 Å². The molecule has 0 radical (unpaired) electrons. The standard InChI is InChI=1S/C13H16N2O/c1-10-9-12(13(2,3)16)15(14-10)11-7-5-4-6-8-11/h4-9,16H,1-3H3. The first-order valence-corrected chi connectivity index (χ1v) is 5.33. The lowest BCUT2D eigenvalue weighted by atomic mass is 10.1. The van der Waals surface area contributed by atoms with Crippen molar-refractivity contribution < 1.29 is 5.11 Å². The molecule has 0 aliphatic rings. The molecule has 1 N–H and O–H groups in total. The van der Waals surface area contributed by atoms with Gasteiger partial charge in [0, 0.05) is 0 Å². The quantitative estimate of drug-likeness (QED) is 0.837. The minimum absolute atomic E-state index is 0.802. The van der Waals surface area contributed by atoms with E-state index < -0.39 is 5.60 Å². The van der Waals surface area contributed by atoms with Crippen LogP contribution in [0, 0.1) is 6.92 Å². The average Bonchev–Trinajstić information content (AvgIpc) is 2.61. The molecular weight excluding hydrogens is 200 g/mol. The van der Waals surface area contributed by atoms with E-state index in [0.29, 0.717) is 0 Å². The molecule has 2 aromatic rings. The zero-order valence-corrected chi connectivity index (χ0v) is 9.81. The Morgan fingerprint density at radius 3 is 2.38 bits per heavy atom. The molecule has 0 spiro atoms. The highest BCUT2D eigenvalue weighted by molar-refractivity contribution is 5.34. The molecule has 0 atom stereocenters. The van der Waals surface area contributed by atoms with Gasteiger partial charge < -0.3 is 5.11 Å². The van der Waals surface area contributed by atoms with Gasteiger partial charge in [-0.15, -0.1) is 0 Å². The molecule has 0 amide bonds. The average molecular weight is 216 g/mol. The van der Waals surface area contributed by atoms with Crippen LogP contribution in [0.2, 0.25) is 0 Å². The number of aryl methyl sites for hydroxylation is 1. The third kappa shape index (κ3) is 1.99. The van der Waals surface area contributed by atoms with Gasteiger partial charge in [0.15, 0.2) is 0 Å². The molecule has 0 fully saturated rings. The van der Waals surface area contributed by atoms with Crippen molar-refractivity contribution in [2.45, 2.75) is 26.4 Å². The van der Waals surface area contributed by atoms with E-state index in [9.17, 15) is 5.11 Å². The molecule has 1 aromatic heterocycles. The van der Waals surface area contributed by atoms with Crippen molar-refractivity contribution >= 4 is 0 Å². The van der Waals surface area contributed by atoms with Crippen molar-refractivity contribution in [2.24, 2.45) is 0 Å². The van der Waals surface area contributed by atoms with E-state index in [1.165, 1.54) is 0 Å². The van der Waals surface area contributed by atoms with Crippen LogP contribution in [0.3, 0.4) is 0 Å². The first-order valence-electron chi connectivity index (χ1n) is 5.33. The number of rotatable bonds is 2. The highest BCUT2D eigenvalue weighted by atomic mass is 16.3. The van der Waals surface area contributed by atoms with Gasteiger partial charge in [0.2, 0.25) is 0 Å². The number of aromatic nitrogens is 2. The Kier molecular flexibility index (Phi) is 2.56. The molecule has 0 unspecified atom stereocenters. The molecule has 3 heteroatoms. The van der Waals surface area contributed by atoms with E-state index >= 15 is 0 Å². The zero-order chi connectivity index (χ0) is 11.8. The summed E-state index contributed by atoms with van der Waals surface area (Å²) < 4.78 is 1.79. The smallest absolute Gasteiger partial charge is 0.101 e. The Bertz CT molecular complexity index is 480. The maximum Gasteiger partial charge on any atom is 0.101 e. The number of nitrogens with zero attached hydrogens (tertiary/aromatic N) is 2. The fourth-order valence-electron chi connectivity index (χ4n) is 1.70. The topological polar surface area (TPSA) is 38.0 Å². The van der Waals surface area contributed by atoms with Crippen LogP contribution < -0.4 is 0 Å². The summed E-state index contributed by atoms with van der Waals surface area (Å²) in [7, 11) is 0. The molecule has 0 saturated heterocycles. The summed E-state index contributed by atoms with van der Waals surface area (Å²) in [4.78, 5) is 0. The van der Waals surface area contributed by atoms with Crippen molar-refractivity contribution in [1.29, 1.82) is 0 Å². The molecule has 1 heterocycles. The maximum atomic E-state index is 10.1. The number of para-hydroxylation sites is 1. The second-order valence-corrected chi connectivity index (χ2v) is 4.48. The van der Waals surface area contributed by atoms with Gasteiger partial charge in [0.25, 0.3) is 0 Å². The highest BCUT2D eigenvalue weighted by Crippen LogP contribution is 2.23. The summed E-state index contributed by atoms with van der Waals surface area (Å²) in [6.45, 7) is 5.46. The monoisotopic (exact) mass is 216 g/mol. The molecule has 16 heavy (non-hydrogen) atoms. The second-order valence-electron chi connectivity index (χ2n) is 4.48. The summed E-state index contributed by atoms with van der Waals surface area (Å²) in [5.74, 6) is 0. The first-order chi connectivity index (χ1) is 7.48. The summed E-state index contributed by atoms with van der Waals surface area (Å²) in [6, 6.07) is 11.7. The predicted molar refractivity (Wildman–Crippen MR) is 63.5 cm³/mol. The number of aliphatic hydroxyl groups is 1. The van der Waals surface area contributed by atoms with Crippen molar-refractivity contribution in [3.63, 3.8) is 0 Å². The lowest BCUT2D eigenvalue weighted by Gasteiger charge is -2.18. The van der Waals surface area contributed by atoms with Crippen LogP contribution in [-0.2, 0) is 5.60 Å². The van der Waals surface area contributed by atoms with E-state index in [0.717, 1.165) is 17.1 Å². The Labute approximate surface area is 95.3 Å². The van der Waals surface area contributed by atoms with Crippen LogP contribution in [0.25, 0.3) is 5.69 Å². The molecule has 0 aliphatic carbocycles. The minimum Gasteiger partial charge on any atom is -0.384 e. The molecule has 0 saturated carbocycles. The Balaban J connectivity index is 2.58. The lowest BCUT2D eigenvalue weighted by molar-refractivity contribution is 0.0711. The Hall–Kier alpha value is -1.61. The van der Waals surface area contributed by atoms with Crippen LogP contribution in [-0.4, -0.2) is 14.9 Å². The van der Waals surface area contributed by atoms with Gasteiger partial charge >= 0.3 is 0 Å². The van der Waals surface area contributed by atoms with E-state index in [-0.39, 0.29) is 0 Å². The maximum absolute atomic E-state index is 10.1. The van der Waals surface area contributed by atoms with E-state index in [4.69, 9.17) is 0 Å². The highest BCUT2D eigenvalue weighted by Gasteiger charge is 2.22. The zero-order valence-electron chi connectivity index (χ0n) is 9.81. The fraction of sp³-hybridized carbons (Fsp3) is 0.308. The molecule has 84 valence electrons. The predicted octanol–water partition coefficient (Wildman–Crippen LogP) is 2.41. The van der Waals surface area contributed by atoms with Gasteiger partial charge in [-0.1, -0.05) is 18.2 Å². The number of hydrogen-bond donors (Lipinski definition) is 1. The van der Waals surface area contributed by atoms with Crippen LogP contribution in [0.15, 0.2) is 36.4 Å². The van der Waals surface area contributed by atoms with Gasteiger partial charge in [-0.05, 0) is 39.0 Å². The molecule has 3 nitrogen and oxygen atoms in total. The van der Waals surface area contributed by atoms with Gasteiger partial charge in [-0.25, -0.2) is 4.68 Å². The summed E-state index contributed by atoms with van der Waals surface area (Å²) in [5, 5.41) is 14.5. The van der Waals surface area contributed by atoms with Crippen molar-refractivity contribution in [1.82, 2.24) is 9.78 Å². The minimum atomic E-state index is -0.892. The van der Waals surface area contributed by atoms with Crippen molar-refractivity contribution in [3.8, 4) is 5.69 Å². The molecule has 0 aliphatic heterocycles. The normalized spacial score (nSPS) is 11.8. The van der Waals surface area contributed by atoms with Crippen LogP contribution in [0.4, 0.5) is 0 Å². The number of hydrogen-bond acceptors (Lipinski definition) is 2. The second kappa shape index (κ2) is 3.76. The van der Waals surface area contributed by atoms with Gasteiger partial charge in [0.05, 0.1) is 17.1 Å². The van der Waals surface area contributed by atoms with E-state index in [2.05, 4.69) is 5.10 Å². The molecular formula is C13H16N2O. The SMILES string of the molecule is Cc1cc(C(C)(C)O)n(-c2ccccc2)n1. The third-order valence-corrected chi connectivity index (χ3v) is 2.46. The lowest BCUT2D eigenvalue weighted by Crippen LogP contribution is -2.20. The van der Waals surface area contributed by atoms with Crippen LogP contribution >= 0.6 is 0 Å². The summed E-state index contributed by atoms with van der Waals surface area (Å²) in [5.41, 5.74) is 1.78. The van der Waals surface area contributed by atoms with Crippen molar-refractivity contribution in [3.05, 3.63) is 47.8 Å². The van der Waals surface area contributed by atoms with E-state index in [1.54, 1.807) is 18.5 Å².